The van der Waals surface area contributed by atoms with Gasteiger partial charge in [0.05, 0.1) is 12.8 Å². The van der Waals surface area contributed by atoms with Crippen molar-refractivity contribution in [3.8, 4) is 11.4 Å². The molecule has 0 unspecified atom stereocenters. The van der Waals surface area contributed by atoms with E-state index >= 15 is 0 Å². The van der Waals surface area contributed by atoms with Gasteiger partial charge in [-0.05, 0) is 24.3 Å². The van der Waals surface area contributed by atoms with Crippen LogP contribution in [0, 0.1) is 0 Å². The fraction of sp³-hybridized carbons (Fsp3) is 0.105. The Morgan fingerprint density at radius 3 is 2.80 bits per heavy atom. The van der Waals surface area contributed by atoms with E-state index in [0.717, 1.165) is 16.5 Å². The first kappa shape index (κ1) is 15.1. The Hall–Kier alpha value is -3.41. The summed E-state index contributed by atoms with van der Waals surface area (Å²) in [5.41, 5.74) is 2.21. The third-order valence-electron chi connectivity index (χ3n) is 3.92. The minimum absolute atomic E-state index is 0.123. The summed E-state index contributed by atoms with van der Waals surface area (Å²) < 4.78 is 10.6. The molecule has 2 heterocycles. The molecule has 0 saturated heterocycles. The number of hydrogen-bond acceptors (Lipinski definition) is 5. The van der Waals surface area contributed by atoms with Crippen LogP contribution >= 0.6 is 0 Å². The van der Waals surface area contributed by atoms with E-state index in [2.05, 4.69) is 10.1 Å². The van der Waals surface area contributed by atoms with E-state index in [1.807, 2.05) is 36.4 Å². The molecule has 0 fully saturated rings. The van der Waals surface area contributed by atoms with Crippen molar-refractivity contribution in [2.24, 2.45) is 0 Å². The van der Waals surface area contributed by atoms with Gasteiger partial charge in [-0.3, -0.25) is 4.79 Å². The lowest BCUT2D eigenvalue weighted by Crippen LogP contribution is -2.26. The number of nitrogens with zero attached hydrogens (tertiary/aromatic N) is 3. The molecule has 25 heavy (non-hydrogen) atoms. The van der Waals surface area contributed by atoms with Crippen molar-refractivity contribution in [3.05, 3.63) is 72.3 Å². The van der Waals surface area contributed by atoms with E-state index in [1.165, 1.54) is 0 Å². The van der Waals surface area contributed by atoms with Crippen LogP contribution in [0.1, 0.15) is 16.2 Å². The van der Waals surface area contributed by atoms with Crippen molar-refractivity contribution in [1.29, 1.82) is 0 Å². The molecule has 0 N–H and O–H groups in total. The zero-order chi connectivity index (χ0) is 17.2. The van der Waals surface area contributed by atoms with Crippen molar-refractivity contribution >= 4 is 16.9 Å². The summed E-state index contributed by atoms with van der Waals surface area (Å²) in [6.45, 7) is 0.238. The van der Waals surface area contributed by atoms with E-state index < -0.39 is 0 Å². The van der Waals surface area contributed by atoms with Gasteiger partial charge in [0.2, 0.25) is 11.7 Å². The number of furan rings is 1. The molecular weight excluding hydrogens is 318 g/mol. The van der Waals surface area contributed by atoms with Crippen LogP contribution in [-0.4, -0.2) is 28.0 Å². The van der Waals surface area contributed by atoms with Crippen LogP contribution in [0.4, 0.5) is 0 Å². The molecule has 0 bridgehead atoms. The highest BCUT2D eigenvalue weighted by molar-refractivity contribution is 5.97. The molecule has 6 nitrogen and oxygen atoms in total. The van der Waals surface area contributed by atoms with Crippen LogP contribution in [0.5, 0.6) is 0 Å². The van der Waals surface area contributed by atoms with Crippen molar-refractivity contribution in [3.63, 3.8) is 0 Å². The van der Waals surface area contributed by atoms with Gasteiger partial charge in [-0.2, -0.15) is 4.98 Å². The second-order valence-electron chi connectivity index (χ2n) is 5.71. The zero-order valence-electron chi connectivity index (χ0n) is 13.5. The summed E-state index contributed by atoms with van der Waals surface area (Å²) >= 11 is 0. The van der Waals surface area contributed by atoms with Crippen molar-refractivity contribution in [2.75, 3.05) is 7.05 Å². The number of carbonyl (C=O) groups excluding carboxylic acids is 1. The lowest BCUT2D eigenvalue weighted by Gasteiger charge is -2.14. The summed E-state index contributed by atoms with van der Waals surface area (Å²) in [5.74, 6) is 0.776. The standard InChI is InChI=1S/C19H15N3O3/c1-22(19(23)15-7-8-16-14(11-15)9-10-24-16)12-17-20-18(21-25-17)13-5-3-2-4-6-13/h2-11H,12H2,1H3. The number of rotatable bonds is 4. The molecule has 0 saturated carbocycles. The van der Waals surface area contributed by atoms with Gasteiger partial charge < -0.3 is 13.8 Å². The van der Waals surface area contributed by atoms with Gasteiger partial charge in [-0.25, -0.2) is 0 Å². The average molecular weight is 333 g/mol. The summed E-state index contributed by atoms with van der Waals surface area (Å²) in [6, 6.07) is 16.7. The Labute approximate surface area is 143 Å². The molecule has 0 radical (unpaired) electrons. The molecular formula is C19H15N3O3. The highest BCUT2D eigenvalue weighted by Gasteiger charge is 2.16. The predicted molar refractivity (Wildman–Crippen MR) is 91.7 cm³/mol. The number of carbonyl (C=O) groups is 1. The monoisotopic (exact) mass is 333 g/mol. The first-order valence-corrected chi connectivity index (χ1v) is 7.81. The summed E-state index contributed by atoms with van der Waals surface area (Å²) in [7, 11) is 1.70. The molecule has 0 aliphatic carbocycles. The Morgan fingerprint density at radius 1 is 1.12 bits per heavy atom. The molecule has 2 aromatic carbocycles. The van der Waals surface area contributed by atoms with Gasteiger partial charge in [0.15, 0.2) is 0 Å². The quantitative estimate of drug-likeness (QED) is 0.568. The van der Waals surface area contributed by atoms with E-state index in [4.69, 9.17) is 8.94 Å². The minimum Gasteiger partial charge on any atom is -0.464 e. The first-order valence-electron chi connectivity index (χ1n) is 7.81. The van der Waals surface area contributed by atoms with Crippen molar-refractivity contribution in [1.82, 2.24) is 15.0 Å². The van der Waals surface area contributed by atoms with Gasteiger partial charge in [-0.1, -0.05) is 35.5 Å². The lowest BCUT2D eigenvalue weighted by atomic mass is 10.1. The zero-order valence-corrected chi connectivity index (χ0v) is 13.5. The van der Waals surface area contributed by atoms with E-state index in [-0.39, 0.29) is 12.5 Å². The van der Waals surface area contributed by atoms with Crippen LogP contribution in [0.3, 0.4) is 0 Å². The van der Waals surface area contributed by atoms with Gasteiger partial charge in [0.1, 0.15) is 5.58 Å². The van der Waals surface area contributed by atoms with Crippen LogP contribution < -0.4 is 0 Å². The smallest absolute Gasteiger partial charge is 0.254 e. The normalized spacial score (nSPS) is 10.9. The van der Waals surface area contributed by atoms with Crippen LogP contribution in [0.15, 0.2) is 69.8 Å². The molecule has 2 aromatic heterocycles. The molecule has 0 spiro atoms. The third kappa shape index (κ3) is 3.01. The molecule has 4 rings (SSSR count). The largest absolute Gasteiger partial charge is 0.464 e. The molecule has 0 atom stereocenters. The minimum atomic E-state index is -0.123. The average Bonchev–Trinajstić information content (AvgIpc) is 3.30. The lowest BCUT2D eigenvalue weighted by molar-refractivity contribution is 0.0769. The number of aromatic nitrogens is 2. The fourth-order valence-corrected chi connectivity index (χ4v) is 2.62. The van der Waals surface area contributed by atoms with E-state index in [1.54, 1.807) is 36.4 Å². The molecule has 4 aromatic rings. The van der Waals surface area contributed by atoms with Gasteiger partial charge >= 0.3 is 0 Å². The van der Waals surface area contributed by atoms with Gasteiger partial charge in [0, 0.05) is 23.6 Å². The van der Waals surface area contributed by atoms with Crippen molar-refractivity contribution < 1.29 is 13.7 Å². The maximum Gasteiger partial charge on any atom is 0.254 e. The number of benzene rings is 2. The molecule has 6 heteroatoms. The second-order valence-corrected chi connectivity index (χ2v) is 5.71. The summed E-state index contributed by atoms with van der Waals surface area (Å²) in [5, 5.41) is 4.86. The highest BCUT2D eigenvalue weighted by atomic mass is 16.5. The summed E-state index contributed by atoms with van der Waals surface area (Å²) in [4.78, 5) is 18.5. The molecule has 0 aliphatic rings. The van der Waals surface area contributed by atoms with Crippen molar-refractivity contribution in [2.45, 2.75) is 6.54 Å². The van der Waals surface area contributed by atoms with Crippen LogP contribution in [0.2, 0.25) is 0 Å². The van der Waals surface area contributed by atoms with E-state index in [9.17, 15) is 4.79 Å². The molecule has 124 valence electrons. The Balaban J connectivity index is 1.50. The van der Waals surface area contributed by atoms with Gasteiger partial charge in [-0.15, -0.1) is 0 Å². The Bertz CT molecular complexity index is 1020. The number of fused-ring (bicyclic) bond motifs is 1. The first-order chi connectivity index (χ1) is 12.2. The second kappa shape index (κ2) is 6.24. The maximum absolute atomic E-state index is 12.6. The molecule has 0 aliphatic heterocycles. The highest BCUT2D eigenvalue weighted by Crippen LogP contribution is 2.19. The SMILES string of the molecule is CN(Cc1nc(-c2ccccc2)no1)C(=O)c1ccc2occc2c1. The molecule has 1 amide bonds. The fourth-order valence-electron chi connectivity index (χ4n) is 2.62. The summed E-state index contributed by atoms with van der Waals surface area (Å²) in [6.07, 6.45) is 1.60. The topological polar surface area (TPSA) is 72.4 Å². The Morgan fingerprint density at radius 2 is 1.96 bits per heavy atom. The maximum atomic E-state index is 12.6. The third-order valence-corrected chi connectivity index (χ3v) is 3.92. The van der Waals surface area contributed by atoms with Crippen LogP contribution in [-0.2, 0) is 6.54 Å². The number of amides is 1. The van der Waals surface area contributed by atoms with Crippen LogP contribution in [0.25, 0.3) is 22.4 Å². The number of hydrogen-bond donors (Lipinski definition) is 0. The Kier molecular flexibility index (Phi) is 3.78. The van der Waals surface area contributed by atoms with E-state index in [0.29, 0.717) is 17.3 Å². The predicted octanol–water partition coefficient (Wildman–Crippen LogP) is 3.76. The van der Waals surface area contributed by atoms with Gasteiger partial charge in [0.25, 0.3) is 5.91 Å².